The number of aromatic nitrogens is 4. The number of nitrogens with two attached hydrogens (primary N) is 1. The van der Waals surface area contributed by atoms with Gasteiger partial charge in [0.25, 0.3) is 0 Å². The van der Waals surface area contributed by atoms with Crippen molar-refractivity contribution in [1.29, 1.82) is 0 Å². The maximum Gasteiger partial charge on any atom is 0.223 e. The summed E-state index contributed by atoms with van der Waals surface area (Å²) in [5, 5.41) is 10.9. The predicted molar refractivity (Wildman–Crippen MR) is 164 cm³/mol. The maximum absolute atomic E-state index is 10.7. The van der Waals surface area contributed by atoms with Crippen molar-refractivity contribution in [1.82, 2.24) is 19.5 Å². The molecule has 0 spiro atoms. The monoisotopic (exact) mass is 587 g/mol. The van der Waals surface area contributed by atoms with Gasteiger partial charge in [-0.1, -0.05) is 47.5 Å². The van der Waals surface area contributed by atoms with Crippen LogP contribution in [0.4, 0.5) is 5.95 Å². The molecule has 9 nitrogen and oxygen atoms in total. The molecule has 2 aromatic rings. The number of nitrogens with zero attached hydrogens (tertiary/aromatic N) is 4. The average Bonchev–Trinajstić information content (AvgIpc) is 3.53. The Morgan fingerprint density at radius 2 is 1.70 bits per heavy atom. The standard InChI is InChI=1S/C29H49N5O4Si2/c1-27(2,3)39(7,8)36-18-22-21(38-40(9,10)28(4,5)6)17-23(37-22)34-19-31-24-20(32-26(30)33-25(24)34)13-16-29(35)14-11-12-15-29/h19,21-23,35H,11-12,14-15,17-18H2,1-10H3,(H2,30,32,33)/t21-,22+,23+/m0/s1. The van der Waals surface area contributed by atoms with E-state index >= 15 is 0 Å². The van der Waals surface area contributed by atoms with E-state index in [0.717, 1.165) is 12.8 Å². The molecule has 4 rings (SSSR count). The molecule has 2 aliphatic rings. The van der Waals surface area contributed by atoms with Gasteiger partial charge in [-0.15, -0.1) is 0 Å². The van der Waals surface area contributed by atoms with Crippen molar-refractivity contribution < 1.29 is 18.7 Å². The minimum absolute atomic E-state index is 0.0657. The van der Waals surface area contributed by atoms with E-state index in [-0.39, 0.29) is 34.5 Å². The summed E-state index contributed by atoms with van der Waals surface area (Å²) < 4.78 is 22.1. The van der Waals surface area contributed by atoms with Gasteiger partial charge in [0, 0.05) is 6.42 Å². The summed E-state index contributed by atoms with van der Waals surface area (Å²) in [4.78, 5) is 13.5. The summed E-state index contributed by atoms with van der Waals surface area (Å²) in [6, 6.07) is 0. The molecule has 3 heterocycles. The summed E-state index contributed by atoms with van der Waals surface area (Å²) in [5.41, 5.74) is 6.68. The van der Waals surface area contributed by atoms with E-state index in [4.69, 9.17) is 19.3 Å². The van der Waals surface area contributed by atoms with Crippen LogP contribution in [0.2, 0.25) is 36.3 Å². The molecule has 2 fully saturated rings. The lowest BCUT2D eigenvalue weighted by molar-refractivity contribution is -0.0383. The zero-order valence-corrected chi connectivity index (χ0v) is 28.1. The van der Waals surface area contributed by atoms with Gasteiger partial charge in [0.15, 0.2) is 22.3 Å². The Kier molecular flexibility index (Phi) is 8.39. The van der Waals surface area contributed by atoms with Crippen LogP contribution < -0.4 is 5.73 Å². The topological polar surface area (TPSA) is 118 Å². The Bertz CT molecular complexity index is 1280. The smallest absolute Gasteiger partial charge is 0.223 e. The molecule has 1 saturated carbocycles. The first-order chi connectivity index (χ1) is 18.3. The van der Waals surface area contributed by atoms with Crippen LogP contribution in [0.1, 0.15) is 85.6 Å². The summed E-state index contributed by atoms with van der Waals surface area (Å²) >= 11 is 0. The zero-order valence-electron chi connectivity index (χ0n) is 26.1. The lowest BCUT2D eigenvalue weighted by Crippen LogP contribution is -2.48. The highest BCUT2D eigenvalue weighted by Crippen LogP contribution is 2.43. The Hall–Kier alpha value is -1.82. The second-order valence-corrected chi connectivity index (χ2v) is 24.2. The third-order valence-electron chi connectivity index (χ3n) is 9.44. The van der Waals surface area contributed by atoms with E-state index in [1.165, 1.54) is 0 Å². The number of rotatable bonds is 6. The Balaban J connectivity index is 1.64. The normalized spacial score (nSPS) is 23.9. The van der Waals surface area contributed by atoms with E-state index in [1.54, 1.807) is 6.33 Å². The van der Waals surface area contributed by atoms with Gasteiger partial charge in [-0.25, -0.2) is 9.97 Å². The molecule has 40 heavy (non-hydrogen) atoms. The molecule has 0 aromatic carbocycles. The highest BCUT2D eigenvalue weighted by atomic mass is 28.4. The van der Waals surface area contributed by atoms with Gasteiger partial charge in [0.1, 0.15) is 29.1 Å². The molecule has 3 atom stereocenters. The van der Waals surface area contributed by atoms with Gasteiger partial charge in [0.05, 0.1) is 19.0 Å². The number of ether oxygens (including phenoxy) is 1. The highest BCUT2D eigenvalue weighted by molar-refractivity contribution is 6.74. The van der Waals surface area contributed by atoms with Crippen molar-refractivity contribution in [3.05, 3.63) is 12.0 Å². The molecule has 0 unspecified atom stereocenters. The SMILES string of the molecule is CC(C)(C)[Si](C)(C)OC[C@H]1O[C@@H](n2cnc3c(C#CC4(O)CCCC4)nc(N)nc32)C[C@@H]1O[Si](C)(C)C(C)(C)C. The number of hydrogen-bond acceptors (Lipinski definition) is 8. The van der Waals surface area contributed by atoms with Crippen LogP contribution in [-0.4, -0.2) is 65.7 Å². The fourth-order valence-electron chi connectivity index (χ4n) is 4.70. The molecular formula is C29H49N5O4Si2. The lowest BCUT2D eigenvalue weighted by Gasteiger charge is -2.40. The molecule has 0 radical (unpaired) electrons. The van der Waals surface area contributed by atoms with Crippen molar-refractivity contribution in [2.45, 2.75) is 134 Å². The van der Waals surface area contributed by atoms with Crippen molar-refractivity contribution in [3.8, 4) is 11.8 Å². The fourth-order valence-corrected chi connectivity index (χ4v) is 7.07. The summed E-state index contributed by atoms with van der Waals surface area (Å²) in [5.74, 6) is 6.18. The molecular weight excluding hydrogens is 539 g/mol. The molecule has 1 saturated heterocycles. The van der Waals surface area contributed by atoms with Gasteiger partial charge in [0.2, 0.25) is 5.95 Å². The minimum Gasteiger partial charge on any atom is -0.414 e. The van der Waals surface area contributed by atoms with Crippen LogP contribution in [0.3, 0.4) is 0 Å². The number of nitrogen functional groups attached to an aromatic ring is 1. The number of aliphatic hydroxyl groups is 1. The first kappa shape index (κ1) is 31.1. The molecule has 3 N–H and O–H groups in total. The largest absolute Gasteiger partial charge is 0.414 e. The van der Waals surface area contributed by atoms with Crippen molar-refractivity contribution in [3.63, 3.8) is 0 Å². The van der Waals surface area contributed by atoms with E-state index < -0.39 is 22.2 Å². The van der Waals surface area contributed by atoms with Crippen LogP contribution in [0.5, 0.6) is 0 Å². The van der Waals surface area contributed by atoms with E-state index in [9.17, 15) is 5.11 Å². The summed E-state index contributed by atoms with van der Waals surface area (Å²) in [6.45, 7) is 23.0. The van der Waals surface area contributed by atoms with Crippen LogP contribution >= 0.6 is 0 Å². The van der Waals surface area contributed by atoms with Crippen molar-refractivity contribution in [2.75, 3.05) is 12.3 Å². The molecule has 222 valence electrons. The molecule has 1 aliphatic carbocycles. The third kappa shape index (κ3) is 6.47. The highest BCUT2D eigenvalue weighted by Gasteiger charge is 2.47. The molecule has 1 aliphatic heterocycles. The van der Waals surface area contributed by atoms with Crippen LogP contribution in [-0.2, 0) is 13.6 Å². The Labute approximate surface area is 241 Å². The van der Waals surface area contributed by atoms with Gasteiger partial charge < -0.3 is 24.4 Å². The van der Waals surface area contributed by atoms with Gasteiger partial charge >= 0.3 is 0 Å². The molecule has 11 heteroatoms. The first-order valence-electron chi connectivity index (χ1n) is 14.5. The van der Waals surface area contributed by atoms with Gasteiger partial charge in [-0.2, -0.15) is 4.98 Å². The van der Waals surface area contributed by atoms with Crippen molar-refractivity contribution in [2.24, 2.45) is 0 Å². The van der Waals surface area contributed by atoms with E-state index in [1.807, 2.05) is 4.57 Å². The molecule has 0 amide bonds. The summed E-state index contributed by atoms with van der Waals surface area (Å²) in [7, 11) is -4.06. The Morgan fingerprint density at radius 1 is 1.07 bits per heavy atom. The summed E-state index contributed by atoms with van der Waals surface area (Å²) in [6.07, 6.45) is 4.96. The number of fused-ring (bicyclic) bond motifs is 1. The van der Waals surface area contributed by atoms with Gasteiger partial charge in [-0.3, -0.25) is 4.57 Å². The molecule has 0 bridgehead atoms. The Morgan fingerprint density at radius 3 is 2.30 bits per heavy atom. The number of imidazole rings is 1. The van der Waals surface area contributed by atoms with Crippen LogP contribution in [0.25, 0.3) is 11.2 Å². The van der Waals surface area contributed by atoms with E-state index in [0.29, 0.717) is 42.7 Å². The minimum atomic E-state index is -2.08. The quantitative estimate of drug-likeness (QED) is 0.323. The van der Waals surface area contributed by atoms with Crippen LogP contribution in [0.15, 0.2) is 6.33 Å². The number of hydrogen-bond donors (Lipinski definition) is 2. The first-order valence-corrected chi connectivity index (χ1v) is 20.4. The average molecular weight is 588 g/mol. The predicted octanol–water partition coefficient (Wildman–Crippen LogP) is 5.76. The maximum atomic E-state index is 10.7. The lowest BCUT2D eigenvalue weighted by atomic mass is 10.0. The van der Waals surface area contributed by atoms with Crippen molar-refractivity contribution >= 4 is 33.7 Å². The second kappa shape index (κ2) is 10.8. The van der Waals surface area contributed by atoms with E-state index in [2.05, 4.69) is 94.5 Å². The van der Waals surface area contributed by atoms with Crippen LogP contribution in [0, 0.1) is 11.8 Å². The number of anilines is 1. The van der Waals surface area contributed by atoms with Gasteiger partial charge in [-0.05, 0) is 67.9 Å². The molecule has 2 aromatic heterocycles. The second-order valence-electron chi connectivity index (χ2n) is 14.6. The third-order valence-corrected chi connectivity index (χ3v) is 18.4. The fraction of sp³-hybridized carbons (Fsp3) is 0.759. The zero-order chi connectivity index (χ0) is 29.7.